The molecule has 2 heterocycles. The van der Waals surface area contributed by atoms with Crippen molar-refractivity contribution < 1.29 is 4.42 Å². The van der Waals surface area contributed by atoms with Crippen LogP contribution in [-0.4, -0.2) is 15.0 Å². The molecule has 10 aromatic rings. The molecule has 2 aromatic heterocycles. The maximum absolute atomic E-state index is 6.31. The van der Waals surface area contributed by atoms with Gasteiger partial charge < -0.3 is 4.42 Å². The molecule has 0 unspecified atom stereocenters. The van der Waals surface area contributed by atoms with Crippen molar-refractivity contribution >= 4 is 43.5 Å². The molecule has 0 saturated heterocycles. The number of furan rings is 1. The van der Waals surface area contributed by atoms with Crippen LogP contribution in [0.4, 0.5) is 0 Å². The van der Waals surface area contributed by atoms with E-state index in [1.807, 2.05) is 24.3 Å². The van der Waals surface area contributed by atoms with Crippen molar-refractivity contribution in [2.75, 3.05) is 0 Å². The average molecular weight is 652 g/mol. The lowest BCUT2D eigenvalue weighted by Crippen LogP contribution is -2.01. The first-order valence-corrected chi connectivity index (χ1v) is 17.1. The van der Waals surface area contributed by atoms with Crippen molar-refractivity contribution in [3.63, 3.8) is 0 Å². The number of fused-ring (bicyclic) bond motifs is 5. The van der Waals surface area contributed by atoms with E-state index in [1.54, 1.807) is 0 Å². The summed E-state index contributed by atoms with van der Waals surface area (Å²) >= 11 is 0. The fraction of sp³-hybridized carbons (Fsp3) is 0. The summed E-state index contributed by atoms with van der Waals surface area (Å²) in [4.78, 5) is 15.5. The molecule has 0 aliphatic carbocycles. The van der Waals surface area contributed by atoms with E-state index in [2.05, 4.69) is 152 Å². The van der Waals surface area contributed by atoms with Gasteiger partial charge >= 0.3 is 0 Å². The first-order valence-electron chi connectivity index (χ1n) is 17.1. The molecule has 0 spiro atoms. The Labute approximate surface area is 294 Å². The second kappa shape index (κ2) is 11.9. The van der Waals surface area contributed by atoms with Gasteiger partial charge in [-0.15, -0.1) is 0 Å². The lowest BCUT2D eigenvalue weighted by molar-refractivity contribution is 0.669. The van der Waals surface area contributed by atoms with Crippen LogP contribution in [0.25, 0.3) is 99.9 Å². The van der Waals surface area contributed by atoms with Crippen LogP contribution < -0.4 is 0 Å². The second-order valence-corrected chi connectivity index (χ2v) is 12.8. The Bertz CT molecular complexity index is 2930. The zero-order valence-electron chi connectivity index (χ0n) is 27.5. The Balaban J connectivity index is 1.22. The summed E-state index contributed by atoms with van der Waals surface area (Å²) in [6, 6.07) is 61.1. The summed E-state index contributed by atoms with van der Waals surface area (Å²) in [6.45, 7) is 0. The molecule has 238 valence electrons. The standard InChI is InChI=1S/C47H29N3O/c1-2-12-30(13-3-1)33-17-10-18-35(26-33)45-48-46(36-25-24-31-14-4-5-15-32(31)27-36)50-47(49-45)37-28-34-16-6-7-19-38(34)41(29-37)39-21-11-23-43-44(39)40-20-8-9-22-42(40)51-43/h1-29H. The van der Waals surface area contributed by atoms with Gasteiger partial charge in [0.05, 0.1) is 0 Å². The molecule has 0 N–H and O–H groups in total. The summed E-state index contributed by atoms with van der Waals surface area (Å²) in [5.41, 5.74) is 8.97. The first-order chi connectivity index (χ1) is 25.2. The molecule has 8 aromatic carbocycles. The Hall–Kier alpha value is -6.91. The highest BCUT2D eigenvalue weighted by atomic mass is 16.3. The molecule has 0 radical (unpaired) electrons. The largest absolute Gasteiger partial charge is 0.456 e. The summed E-state index contributed by atoms with van der Waals surface area (Å²) in [5, 5.41) is 6.76. The molecule has 10 rings (SSSR count). The third-order valence-electron chi connectivity index (χ3n) is 9.68. The van der Waals surface area contributed by atoms with Gasteiger partial charge in [-0.25, -0.2) is 15.0 Å². The minimum atomic E-state index is 0.615. The van der Waals surface area contributed by atoms with E-state index < -0.39 is 0 Å². The zero-order valence-corrected chi connectivity index (χ0v) is 27.5. The van der Waals surface area contributed by atoms with Gasteiger partial charge in [-0.1, -0.05) is 140 Å². The van der Waals surface area contributed by atoms with Crippen molar-refractivity contribution in [1.82, 2.24) is 15.0 Å². The Kier molecular flexibility index (Phi) is 6.78. The Morgan fingerprint density at radius 3 is 1.75 bits per heavy atom. The van der Waals surface area contributed by atoms with E-state index in [0.29, 0.717) is 17.5 Å². The quantitative estimate of drug-likeness (QED) is 0.186. The van der Waals surface area contributed by atoms with Gasteiger partial charge in [0.2, 0.25) is 0 Å². The topological polar surface area (TPSA) is 51.8 Å². The summed E-state index contributed by atoms with van der Waals surface area (Å²) in [5.74, 6) is 1.87. The second-order valence-electron chi connectivity index (χ2n) is 12.8. The van der Waals surface area contributed by atoms with Gasteiger partial charge in [0, 0.05) is 27.5 Å². The van der Waals surface area contributed by atoms with Gasteiger partial charge in [-0.3, -0.25) is 0 Å². The van der Waals surface area contributed by atoms with Crippen molar-refractivity contribution in [3.8, 4) is 56.4 Å². The van der Waals surface area contributed by atoms with Crippen LogP contribution in [0.5, 0.6) is 0 Å². The van der Waals surface area contributed by atoms with E-state index >= 15 is 0 Å². The van der Waals surface area contributed by atoms with Crippen LogP contribution in [0.15, 0.2) is 180 Å². The van der Waals surface area contributed by atoms with Crippen LogP contribution in [0, 0.1) is 0 Å². The van der Waals surface area contributed by atoms with E-state index in [9.17, 15) is 0 Å². The van der Waals surface area contributed by atoms with Crippen molar-refractivity contribution in [1.29, 1.82) is 0 Å². The van der Waals surface area contributed by atoms with Gasteiger partial charge in [0.1, 0.15) is 11.2 Å². The molecule has 51 heavy (non-hydrogen) atoms. The van der Waals surface area contributed by atoms with E-state index in [4.69, 9.17) is 19.4 Å². The summed E-state index contributed by atoms with van der Waals surface area (Å²) in [6.07, 6.45) is 0. The van der Waals surface area contributed by atoms with Gasteiger partial charge in [0.25, 0.3) is 0 Å². The number of nitrogens with zero attached hydrogens (tertiary/aromatic N) is 3. The van der Waals surface area contributed by atoms with Crippen molar-refractivity contribution in [3.05, 3.63) is 176 Å². The molecule has 0 saturated carbocycles. The van der Waals surface area contributed by atoms with Crippen LogP contribution in [0.1, 0.15) is 0 Å². The van der Waals surface area contributed by atoms with Gasteiger partial charge in [-0.2, -0.15) is 0 Å². The Morgan fingerprint density at radius 2 is 0.902 bits per heavy atom. The van der Waals surface area contributed by atoms with Crippen LogP contribution in [0.3, 0.4) is 0 Å². The molecular weight excluding hydrogens is 623 g/mol. The molecule has 0 aliphatic heterocycles. The molecule has 0 atom stereocenters. The molecule has 4 nitrogen and oxygen atoms in total. The van der Waals surface area contributed by atoms with Gasteiger partial charge in [0.15, 0.2) is 17.5 Å². The minimum Gasteiger partial charge on any atom is -0.456 e. The number of aromatic nitrogens is 3. The predicted molar refractivity (Wildman–Crippen MR) is 209 cm³/mol. The molecule has 0 bridgehead atoms. The molecule has 4 heteroatoms. The smallest absolute Gasteiger partial charge is 0.164 e. The summed E-state index contributed by atoms with van der Waals surface area (Å²) < 4.78 is 6.31. The highest BCUT2D eigenvalue weighted by Crippen LogP contribution is 2.41. The van der Waals surface area contributed by atoms with E-state index in [1.165, 1.54) is 5.39 Å². The molecule has 0 amide bonds. The molecule has 0 aliphatic rings. The number of rotatable bonds is 5. The zero-order chi connectivity index (χ0) is 33.7. The highest BCUT2D eigenvalue weighted by Gasteiger charge is 2.18. The van der Waals surface area contributed by atoms with E-state index in [0.717, 1.165) is 77.0 Å². The minimum absolute atomic E-state index is 0.615. The lowest BCUT2D eigenvalue weighted by Gasteiger charge is -2.13. The maximum Gasteiger partial charge on any atom is 0.164 e. The lowest BCUT2D eigenvalue weighted by atomic mass is 9.92. The molecular formula is C47H29N3O. The normalized spacial score (nSPS) is 11.5. The van der Waals surface area contributed by atoms with Crippen LogP contribution >= 0.6 is 0 Å². The van der Waals surface area contributed by atoms with E-state index in [-0.39, 0.29) is 0 Å². The monoisotopic (exact) mass is 651 g/mol. The third kappa shape index (κ3) is 5.13. The predicted octanol–water partition coefficient (Wildman–Crippen LogP) is 12.4. The highest BCUT2D eigenvalue weighted by molar-refractivity contribution is 6.15. The van der Waals surface area contributed by atoms with Crippen LogP contribution in [0.2, 0.25) is 0 Å². The van der Waals surface area contributed by atoms with Gasteiger partial charge in [-0.05, 0) is 80.2 Å². The number of hydrogen-bond acceptors (Lipinski definition) is 4. The third-order valence-corrected chi connectivity index (χ3v) is 9.68. The SMILES string of the molecule is c1ccc(-c2cccc(-c3nc(-c4ccc5ccccc5c4)nc(-c4cc(-c5cccc6oc7ccccc7c56)c5ccccc5c4)n3)c2)cc1. The number of hydrogen-bond donors (Lipinski definition) is 0. The fourth-order valence-corrected chi connectivity index (χ4v) is 7.22. The number of benzene rings is 8. The van der Waals surface area contributed by atoms with Crippen molar-refractivity contribution in [2.24, 2.45) is 0 Å². The Morgan fingerprint density at radius 1 is 0.314 bits per heavy atom. The first kappa shape index (κ1) is 29.0. The fourth-order valence-electron chi connectivity index (χ4n) is 7.22. The molecule has 0 fully saturated rings. The van der Waals surface area contributed by atoms with Crippen LogP contribution in [-0.2, 0) is 0 Å². The van der Waals surface area contributed by atoms with Crippen molar-refractivity contribution in [2.45, 2.75) is 0 Å². The summed E-state index contributed by atoms with van der Waals surface area (Å²) in [7, 11) is 0. The maximum atomic E-state index is 6.31. The average Bonchev–Trinajstić information content (AvgIpc) is 3.60. The number of para-hydroxylation sites is 1.